The Hall–Kier alpha value is -2.48. The van der Waals surface area contributed by atoms with Crippen LogP contribution in [-0.4, -0.2) is 50.5 Å². The number of H-pyrrole nitrogens is 1. The first kappa shape index (κ1) is 21.7. The van der Waals surface area contributed by atoms with E-state index in [-0.39, 0.29) is 16.7 Å². The van der Waals surface area contributed by atoms with Crippen LogP contribution >= 0.6 is 10.0 Å². The molecule has 1 aliphatic carbocycles. The van der Waals surface area contributed by atoms with Crippen molar-refractivity contribution in [3.63, 3.8) is 0 Å². The number of benzene rings is 1. The SMILES string of the molecule is Cc1ccccc1NC(=O)N1Cc2c(NC(=O)C3(S(C)(C)C)CCC3)n[nH]c2C1(C)C. The summed E-state index contributed by atoms with van der Waals surface area (Å²) >= 11 is 0. The Labute approximate surface area is 185 Å². The van der Waals surface area contributed by atoms with Crippen LogP contribution < -0.4 is 10.6 Å². The Morgan fingerprint density at radius 1 is 1.13 bits per heavy atom. The van der Waals surface area contributed by atoms with Crippen molar-refractivity contribution in [2.75, 3.05) is 29.4 Å². The van der Waals surface area contributed by atoms with E-state index < -0.39 is 15.6 Å². The van der Waals surface area contributed by atoms with Gasteiger partial charge < -0.3 is 15.5 Å². The molecule has 1 aromatic carbocycles. The van der Waals surface area contributed by atoms with Crippen molar-refractivity contribution in [2.24, 2.45) is 0 Å². The Kier molecular flexibility index (Phi) is 5.11. The number of hydrogen-bond acceptors (Lipinski definition) is 3. The van der Waals surface area contributed by atoms with Crippen molar-refractivity contribution in [2.45, 2.75) is 56.9 Å². The van der Waals surface area contributed by atoms with Gasteiger partial charge in [-0.15, -0.1) is 0 Å². The number of aromatic amines is 1. The molecule has 0 unspecified atom stereocenters. The standard InChI is InChI=1S/C23H33N5O2S/c1-15-10-7-8-11-17(15)24-21(30)28-14-16-18(22(28,2)3)26-27-19(16)25-20(29)23(12-9-13-23)31(4,5)6/h7-8,10-11H,9,12-14H2,1-6H3,(H,24,30)(H2,25,26,27,29). The predicted octanol–water partition coefficient (Wildman–Crippen LogP) is 4.56. The number of para-hydroxylation sites is 1. The highest BCUT2D eigenvalue weighted by molar-refractivity contribution is 8.33. The smallest absolute Gasteiger partial charge is 0.309 e. The van der Waals surface area contributed by atoms with E-state index in [0.29, 0.717) is 12.4 Å². The maximum Gasteiger partial charge on any atom is 0.322 e. The van der Waals surface area contributed by atoms with Gasteiger partial charge in [0.2, 0.25) is 5.91 Å². The average molecular weight is 444 g/mol. The van der Waals surface area contributed by atoms with Gasteiger partial charge in [-0.1, -0.05) is 18.2 Å². The molecule has 2 heterocycles. The minimum atomic E-state index is -1.05. The summed E-state index contributed by atoms with van der Waals surface area (Å²) in [6.07, 6.45) is 9.59. The van der Waals surface area contributed by atoms with Gasteiger partial charge in [0.1, 0.15) is 0 Å². The molecule has 8 heteroatoms. The minimum Gasteiger partial charge on any atom is -0.309 e. The number of nitrogens with zero attached hydrogens (tertiary/aromatic N) is 2. The first-order valence-corrected chi connectivity index (χ1v) is 13.5. The van der Waals surface area contributed by atoms with Crippen LogP contribution in [0.5, 0.6) is 0 Å². The van der Waals surface area contributed by atoms with Crippen molar-refractivity contribution < 1.29 is 9.59 Å². The molecule has 7 nitrogen and oxygen atoms in total. The summed E-state index contributed by atoms with van der Waals surface area (Å²) in [5.74, 6) is 0.616. The fraction of sp³-hybridized carbons (Fsp3) is 0.522. The summed E-state index contributed by atoms with van der Waals surface area (Å²) in [6, 6.07) is 7.56. The summed E-state index contributed by atoms with van der Waals surface area (Å²) in [7, 11) is -1.05. The Bertz CT molecular complexity index is 1030. The van der Waals surface area contributed by atoms with E-state index >= 15 is 0 Å². The lowest BCUT2D eigenvalue weighted by molar-refractivity contribution is -0.120. The van der Waals surface area contributed by atoms with Crippen LogP contribution in [-0.2, 0) is 16.9 Å². The van der Waals surface area contributed by atoms with Crippen LogP contribution in [0.25, 0.3) is 0 Å². The Morgan fingerprint density at radius 3 is 2.39 bits per heavy atom. The van der Waals surface area contributed by atoms with Gasteiger partial charge >= 0.3 is 6.03 Å². The Morgan fingerprint density at radius 2 is 1.81 bits per heavy atom. The average Bonchev–Trinajstić information content (AvgIpc) is 3.13. The topological polar surface area (TPSA) is 90.1 Å². The van der Waals surface area contributed by atoms with Crippen LogP contribution in [0.15, 0.2) is 24.3 Å². The van der Waals surface area contributed by atoms with Gasteiger partial charge in [-0.25, -0.2) is 14.8 Å². The lowest BCUT2D eigenvalue weighted by atomic mass is 9.83. The molecule has 0 atom stereocenters. The first-order chi connectivity index (χ1) is 14.5. The molecule has 0 saturated heterocycles. The number of anilines is 2. The molecule has 31 heavy (non-hydrogen) atoms. The highest BCUT2D eigenvalue weighted by Gasteiger charge is 2.51. The molecule has 3 amide bonds. The quantitative estimate of drug-likeness (QED) is 0.647. The van der Waals surface area contributed by atoms with Gasteiger partial charge in [-0.2, -0.15) is 5.10 Å². The molecule has 168 valence electrons. The molecule has 1 aliphatic heterocycles. The minimum absolute atomic E-state index is 0.0659. The van der Waals surface area contributed by atoms with Crippen molar-refractivity contribution >= 4 is 33.5 Å². The van der Waals surface area contributed by atoms with Crippen LogP contribution in [0, 0.1) is 6.92 Å². The molecule has 4 rings (SSSR count). The molecule has 0 spiro atoms. The molecule has 1 saturated carbocycles. The van der Waals surface area contributed by atoms with Crippen molar-refractivity contribution in [1.82, 2.24) is 15.1 Å². The maximum atomic E-state index is 13.3. The zero-order valence-electron chi connectivity index (χ0n) is 19.3. The van der Waals surface area contributed by atoms with Gasteiger partial charge in [0.05, 0.1) is 22.5 Å². The second kappa shape index (κ2) is 7.29. The normalized spacial score (nSPS) is 19.4. The summed E-state index contributed by atoms with van der Waals surface area (Å²) in [4.78, 5) is 28.2. The van der Waals surface area contributed by atoms with Gasteiger partial charge in [0.25, 0.3) is 0 Å². The van der Waals surface area contributed by atoms with Crippen molar-refractivity contribution in [3.8, 4) is 0 Å². The van der Waals surface area contributed by atoms with E-state index in [2.05, 4.69) is 39.6 Å². The molecule has 1 aromatic heterocycles. The number of rotatable bonds is 4. The number of aryl methyl sites for hydroxylation is 1. The van der Waals surface area contributed by atoms with Crippen molar-refractivity contribution in [1.29, 1.82) is 0 Å². The van der Waals surface area contributed by atoms with Gasteiger partial charge in [-0.3, -0.25) is 9.89 Å². The highest BCUT2D eigenvalue weighted by atomic mass is 32.3. The number of hydrogen-bond donors (Lipinski definition) is 3. The molecule has 2 aliphatic rings. The first-order valence-electron chi connectivity index (χ1n) is 10.7. The Balaban J connectivity index is 1.55. The fourth-order valence-corrected chi connectivity index (χ4v) is 6.80. The lowest BCUT2D eigenvalue weighted by Crippen LogP contribution is -2.51. The third kappa shape index (κ3) is 3.41. The molecule has 1 fully saturated rings. The monoisotopic (exact) mass is 443 g/mol. The number of carbonyl (C=O) groups is 2. The second-order valence-corrected chi connectivity index (χ2v) is 14.4. The van der Waals surface area contributed by atoms with Crippen molar-refractivity contribution in [3.05, 3.63) is 41.1 Å². The molecular weight excluding hydrogens is 410 g/mol. The largest absolute Gasteiger partial charge is 0.322 e. The number of aromatic nitrogens is 2. The van der Waals surface area contributed by atoms with Crippen LogP contribution in [0.1, 0.15) is 49.9 Å². The number of amides is 3. The molecular formula is C23H33N5O2S. The van der Waals surface area contributed by atoms with E-state index in [0.717, 1.165) is 41.8 Å². The zero-order chi connectivity index (χ0) is 22.6. The number of urea groups is 1. The summed E-state index contributed by atoms with van der Waals surface area (Å²) < 4.78 is -0.283. The van der Waals surface area contributed by atoms with E-state index in [1.54, 1.807) is 4.90 Å². The number of carbonyl (C=O) groups excluding carboxylic acids is 2. The number of nitrogens with one attached hydrogen (secondary N) is 3. The summed E-state index contributed by atoms with van der Waals surface area (Å²) in [6.45, 7) is 6.35. The maximum absolute atomic E-state index is 13.3. The van der Waals surface area contributed by atoms with Gasteiger partial charge in [-0.05, 0) is 70.4 Å². The fourth-order valence-electron chi connectivity index (χ4n) is 4.68. The van der Waals surface area contributed by atoms with Gasteiger partial charge in [0.15, 0.2) is 5.82 Å². The van der Waals surface area contributed by atoms with E-state index in [4.69, 9.17) is 0 Å². The number of fused-ring (bicyclic) bond motifs is 1. The lowest BCUT2D eigenvalue weighted by Gasteiger charge is -2.53. The third-order valence-electron chi connectivity index (χ3n) is 7.08. The van der Waals surface area contributed by atoms with E-state index in [1.807, 2.05) is 45.0 Å². The molecule has 0 bridgehead atoms. The second-order valence-electron chi connectivity index (χ2n) is 9.96. The molecule has 3 N–H and O–H groups in total. The highest BCUT2D eigenvalue weighted by Crippen LogP contribution is 2.60. The summed E-state index contributed by atoms with van der Waals surface area (Å²) in [5.41, 5.74) is 2.99. The summed E-state index contributed by atoms with van der Waals surface area (Å²) in [5, 5.41) is 13.6. The van der Waals surface area contributed by atoms with E-state index in [9.17, 15) is 9.59 Å². The van der Waals surface area contributed by atoms with E-state index in [1.165, 1.54) is 0 Å². The third-order valence-corrected chi connectivity index (χ3v) is 10.0. The van der Waals surface area contributed by atoms with Crippen LogP contribution in [0.4, 0.5) is 16.3 Å². The zero-order valence-corrected chi connectivity index (χ0v) is 20.1. The molecule has 0 radical (unpaired) electrons. The van der Waals surface area contributed by atoms with Gasteiger partial charge in [0, 0.05) is 11.3 Å². The van der Waals surface area contributed by atoms with Crippen LogP contribution in [0.2, 0.25) is 0 Å². The predicted molar refractivity (Wildman–Crippen MR) is 128 cm³/mol. The molecule has 2 aromatic rings. The van der Waals surface area contributed by atoms with Crippen LogP contribution in [0.3, 0.4) is 0 Å².